The summed E-state index contributed by atoms with van der Waals surface area (Å²) >= 11 is 0. The summed E-state index contributed by atoms with van der Waals surface area (Å²) in [6.45, 7) is 5.27. The number of nitrogens with one attached hydrogen (secondary N) is 2. The second kappa shape index (κ2) is 11.5. The molecule has 1 aromatic carbocycles. The average Bonchev–Trinajstić information content (AvgIpc) is 2.56. The van der Waals surface area contributed by atoms with Crippen LogP contribution in [0.5, 0.6) is 5.75 Å². The number of rotatable bonds is 9. The Kier molecular flexibility index (Phi) is 9.31. The molecule has 0 aliphatic carbocycles. The van der Waals surface area contributed by atoms with Crippen LogP contribution in [-0.4, -0.2) is 39.3 Å². The fourth-order valence-electron chi connectivity index (χ4n) is 1.75. The van der Waals surface area contributed by atoms with Gasteiger partial charge < -0.3 is 20.1 Å². The van der Waals surface area contributed by atoms with Crippen molar-refractivity contribution in [3.05, 3.63) is 29.8 Å². The standard InChI is InChI=1S/C17H25N3O2/c1-4-11-19-17(18-5-2)20-12-6-13-22-14-15-7-9-16(21-3)10-8-15/h1,7-10H,5-6,11-14H2,2-3H3,(H2,18,19,20). The van der Waals surface area contributed by atoms with E-state index in [0.717, 1.165) is 30.2 Å². The molecule has 0 radical (unpaired) electrons. The number of hydrogen-bond donors (Lipinski definition) is 2. The molecule has 22 heavy (non-hydrogen) atoms. The Morgan fingerprint density at radius 3 is 2.68 bits per heavy atom. The zero-order valence-electron chi connectivity index (χ0n) is 13.4. The van der Waals surface area contributed by atoms with Gasteiger partial charge in [-0.05, 0) is 31.0 Å². The highest BCUT2D eigenvalue weighted by Gasteiger charge is 1.96. The first kappa shape index (κ1) is 17.9. The van der Waals surface area contributed by atoms with Gasteiger partial charge in [-0.2, -0.15) is 0 Å². The van der Waals surface area contributed by atoms with Crippen molar-refractivity contribution in [1.82, 2.24) is 10.6 Å². The van der Waals surface area contributed by atoms with E-state index in [1.54, 1.807) is 7.11 Å². The molecule has 5 heteroatoms. The van der Waals surface area contributed by atoms with Gasteiger partial charge >= 0.3 is 0 Å². The zero-order chi connectivity index (χ0) is 16.0. The number of guanidine groups is 1. The van der Waals surface area contributed by atoms with Gasteiger partial charge in [-0.3, -0.25) is 4.99 Å². The topological polar surface area (TPSA) is 54.9 Å². The molecule has 0 saturated heterocycles. The van der Waals surface area contributed by atoms with Crippen LogP contribution in [0, 0.1) is 12.3 Å². The van der Waals surface area contributed by atoms with E-state index in [4.69, 9.17) is 15.9 Å². The Morgan fingerprint density at radius 2 is 2.05 bits per heavy atom. The molecule has 0 unspecified atom stereocenters. The summed E-state index contributed by atoms with van der Waals surface area (Å²) in [6, 6.07) is 7.87. The number of aliphatic imine (C=N–C) groups is 1. The van der Waals surface area contributed by atoms with Crippen LogP contribution in [0.15, 0.2) is 29.3 Å². The highest BCUT2D eigenvalue weighted by atomic mass is 16.5. The third-order valence-electron chi connectivity index (χ3n) is 2.85. The predicted molar refractivity (Wildman–Crippen MR) is 90.1 cm³/mol. The Morgan fingerprint density at radius 1 is 1.27 bits per heavy atom. The SMILES string of the molecule is C#CCNC(=NCCCOCc1ccc(OC)cc1)NCC. The van der Waals surface area contributed by atoms with Crippen molar-refractivity contribution in [1.29, 1.82) is 0 Å². The lowest BCUT2D eigenvalue weighted by Gasteiger charge is -2.09. The molecule has 0 aliphatic rings. The third-order valence-corrected chi connectivity index (χ3v) is 2.85. The Labute approximate surface area is 133 Å². The first-order valence-electron chi connectivity index (χ1n) is 7.46. The van der Waals surface area contributed by atoms with Crippen molar-refractivity contribution in [3.63, 3.8) is 0 Å². The Bertz CT molecular complexity index is 478. The smallest absolute Gasteiger partial charge is 0.192 e. The van der Waals surface area contributed by atoms with Gasteiger partial charge in [-0.1, -0.05) is 18.1 Å². The minimum Gasteiger partial charge on any atom is -0.497 e. The second-order valence-electron chi connectivity index (χ2n) is 4.57. The van der Waals surface area contributed by atoms with Crippen molar-refractivity contribution in [3.8, 4) is 18.1 Å². The summed E-state index contributed by atoms with van der Waals surface area (Å²) in [5.74, 6) is 4.13. The fraction of sp³-hybridized carbons (Fsp3) is 0.471. The van der Waals surface area contributed by atoms with Gasteiger partial charge in [-0.15, -0.1) is 6.42 Å². The van der Waals surface area contributed by atoms with E-state index in [1.165, 1.54) is 0 Å². The molecule has 120 valence electrons. The average molecular weight is 303 g/mol. The van der Waals surface area contributed by atoms with Gasteiger partial charge in [0, 0.05) is 19.7 Å². The maximum absolute atomic E-state index is 5.63. The van der Waals surface area contributed by atoms with Gasteiger partial charge in [0.15, 0.2) is 5.96 Å². The molecule has 0 heterocycles. The van der Waals surface area contributed by atoms with Gasteiger partial charge in [-0.25, -0.2) is 0 Å². The molecule has 5 nitrogen and oxygen atoms in total. The summed E-state index contributed by atoms with van der Waals surface area (Å²) in [5.41, 5.74) is 1.13. The molecule has 0 atom stereocenters. The molecule has 0 fully saturated rings. The molecule has 0 aliphatic heterocycles. The van der Waals surface area contributed by atoms with Crippen LogP contribution in [0.3, 0.4) is 0 Å². The third kappa shape index (κ3) is 7.55. The number of hydrogen-bond acceptors (Lipinski definition) is 3. The molecule has 0 aromatic heterocycles. The van der Waals surface area contributed by atoms with Crippen molar-refractivity contribution in [2.24, 2.45) is 4.99 Å². The summed E-state index contributed by atoms with van der Waals surface area (Å²) in [6.07, 6.45) is 6.08. The minimum absolute atomic E-state index is 0.472. The van der Waals surface area contributed by atoms with E-state index in [2.05, 4.69) is 21.5 Å². The number of methoxy groups -OCH3 is 1. The van der Waals surface area contributed by atoms with E-state index in [0.29, 0.717) is 26.3 Å². The van der Waals surface area contributed by atoms with Crippen LogP contribution < -0.4 is 15.4 Å². The number of nitrogens with zero attached hydrogens (tertiary/aromatic N) is 1. The lowest BCUT2D eigenvalue weighted by atomic mass is 10.2. The monoisotopic (exact) mass is 303 g/mol. The van der Waals surface area contributed by atoms with E-state index < -0.39 is 0 Å². The summed E-state index contributed by atoms with van der Waals surface area (Å²) in [5, 5.41) is 6.18. The lowest BCUT2D eigenvalue weighted by molar-refractivity contribution is 0.120. The van der Waals surface area contributed by atoms with Crippen molar-refractivity contribution >= 4 is 5.96 Å². The van der Waals surface area contributed by atoms with Gasteiger partial charge in [0.25, 0.3) is 0 Å². The van der Waals surface area contributed by atoms with Crippen LogP contribution in [-0.2, 0) is 11.3 Å². The van der Waals surface area contributed by atoms with Crippen molar-refractivity contribution < 1.29 is 9.47 Å². The lowest BCUT2D eigenvalue weighted by Crippen LogP contribution is -2.37. The highest BCUT2D eigenvalue weighted by molar-refractivity contribution is 5.79. The maximum Gasteiger partial charge on any atom is 0.192 e. The van der Waals surface area contributed by atoms with Gasteiger partial charge in [0.05, 0.1) is 20.3 Å². The largest absolute Gasteiger partial charge is 0.497 e. The van der Waals surface area contributed by atoms with E-state index in [9.17, 15) is 0 Å². The fourth-order valence-corrected chi connectivity index (χ4v) is 1.75. The first-order valence-corrected chi connectivity index (χ1v) is 7.46. The normalized spacial score (nSPS) is 10.9. The zero-order valence-corrected chi connectivity index (χ0v) is 13.4. The van der Waals surface area contributed by atoms with Crippen LogP contribution in [0.25, 0.3) is 0 Å². The van der Waals surface area contributed by atoms with Crippen molar-refractivity contribution in [2.75, 3.05) is 33.4 Å². The quantitative estimate of drug-likeness (QED) is 0.316. The van der Waals surface area contributed by atoms with E-state index in [-0.39, 0.29) is 0 Å². The second-order valence-corrected chi connectivity index (χ2v) is 4.57. The van der Waals surface area contributed by atoms with E-state index >= 15 is 0 Å². The number of benzene rings is 1. The van der Waals surface area contributed by atoms with Crippen LogP contribution in [0.4, 0.5) is 0 Å². The number of ether oxygens (including phenoxy) is 2. The molecular weight excluding hydrogens is 278 g/mol. The van der Waals surface area contributed by atoms with E-state index in [1.807, 2.05) is 31.2 Å². The van der Waals surface area contributed by atoms with Crippen LogP contribution >= 0.6 is 0 Å². The molecule has 0 saturated carbocycles. The molecule has 2 N–H and O–H groups in total. The van der Waals surface area contributed by atoms with Gasteiger partial charge in [0.2, 0.25) is 0 Å². The first-order chi connectivity index (χ1) is 10.8. The van der Waals surface area contributed by atoms with Crippen molar-refractivity contribution in [2.45, 2.75) is 20.0 Å². The molecule has 0 bridgehead atoms. The summed E-state index contributed by atoms with van der Waals surface area (Å²) in [4.78, 5) is 4.42. The summed E-state index contributed by atoms with van der Waals surface area (Å²) < 4.78 is 10.8. The molecule has 1 rings (SSSR count). The number of terminal acetylenes is 1. The highest BCUT2D eigenvalue weighted by Crippen LogP contribution is 2.11. The molecular formula is C17H25N3O2. The minimum atomic E-state index is 0.472. The Balaban J connectivity index is 2.19. The maximum atomic E-state index is 5.63. The summed E-state index contributed by atoms with van der Waals surface area (Å²) in [7, 11) is 1.66. The molecule has 0 spiro atoms. The molecule has 0 amide bonds. The Hall–Kier alpha value is -2.19. The van der Waals surface area contributed by atoms with Crippen LogP contribution in [0.2, 0.25) is 0 Å². The van der Waals surface area contributed by atoms with Gasteiger partial charge in [0.1, 0.15) is 5.75 Å². The molecule has 1 aromatic rings. The predicted octanol–water partition coefficient (Wildman–Crippen LogP) is 1.79. The van der Waals surface area contributed by atoms with Crippen LogP contribution in [0.1, 0.15) is 18.9 Å².